The van der Waals surface area contributed by atoms with Crippen molar-refractivity contribution in [2.75, 3.05) is 20.2 Å². The molecule has 2 aliphatic heterocycles. The van der Waals surface area contributed by atoms with E-state index in [-0.39, 0.29) is 35.7 Å². The van der Waals surface area contributed by atoms with Crippen LogP contribution in [0.25, 0.3) is 10.9 Å². The lowest BCUT2D eigenvalue weighted by atomic mass is 9.70. The number of allylic oxidation sites excluding steroid dienone is 2. The standard InChI is InChI=1S/C37H42N2O6/c1-22(2)17-27-30(36(27,3)4)35(43)44-21-25-19-37(18-23-11-7-6-8-12-23)31(34(41)42)29(32(25)45-37)33(40)39(5)16-15-24-20-38-28-14-10-9-13-26(24)28/h6-14,17,19-20,27,29-32,38H,15-16,18,21H2,1-5H3,(H,41,42)/t27-,29?,30+,31?,32+,37-/m1/s1. The molecule has 45 heavy (non-hydrogen) atoms. The van der Waals surface area contributed by atoms with E-state index in [0.717, 1.165) is 27.6 Å². The average Bonchev–Trinajstić information content (AvgIpc) is 3.39. The molecule has 236 valence electrons. The van der Waals surface area contributed by atoms with Gasteiger partial charge in [0.2, 0.25) is 5.91 Å². The van der Waals surface area contributed by atoms with Gasteiger partial charge in [-0.2, -0.15) is 0 Å². The molecule has 6 atom stereocenters. The number of hydrogen-bond donors (Lipinski definition) is 2. The summed E-state index contributed by atoms with van der Waals surface area (Å²) in [5, 5.41) is 11.6. The smallest absolute Gasteiger partial charge is 0.310 e. The van der Waals surface area contributed by atoms with Crippen molar-refractivity contribution in [2.45, 2.75) is 52.2 Å². The van der Waals surface area contributed by atoms with Crippen LogP contribution in [0.2, 0.25) is 0 Å². The molecule has 2 unspecified atom stereocenters. The molecule has 2 bridgehead atoms. The van der Waals surface area contributed by atoms with Crippen LogP contribution >= 0.6 is 0 Å². The minimum Gasteiger partial charge on any atom is -0.481 e. The maximum Gasteiger partial charge on any atom is 0.310 e. The van der Waals surface area contributed by atoms with Gasteiger partial charge in [0, 0.05) is 37.1 Å². The zero-order valence-corrected chi connectivity index (χ0v) is 26.6. The number of fused-ring (bicyclic) bond motifs is 3. The molecule has 1 aromatic heterocycles. The predicted octanol–water partition coefficient (Wildman–Crippen LogP) is 5.59. The monoisotopic (exact) mass is 610 g/mol. The van der Waals surface area contributed by atoms with E-state index in [4.69, 9.17) is 9.47 Å². The number of H-pyrrole nitrogens is 1. The zero-order chi connectivity index (χ0) is 32.1. The molecular formula is C37H42N2O6. The molecule has 1 saturated heterocycles. The summed E-state index contributed by atoms with van der Waals surface area (Å²) < 4.78 is 12.4. The Balaban J connectivity index is 1.24. The lowest BCUT2D eigenvalue weighted by Gasteiger charge is -2.33. The fourth-order valence-electron chi connectivity index (χ4n) is 7.60. The molecule has 2 fully saturated rings. The number of nitrogens with one attached hydrogen (secondary N) is 1. The number of rotatable bonds is 11. The summed E-state index contributed by atoms with van der Waals surface area (Å²) in [5.41, 5.74) is 3.41. The summed E-state index contributed by atoms with van der Waals surface area (Å²) in [6.07, 6.45) is 6.00. The SMILES string of the molecule is CC(C)=C[C@@H]1[C@@H](C(=O)OCC2=C[C@@]3(Cc4ccccc4)O[C@@H]2C(C(=O)N(C)CCc2c[nH]c4ccccc24)C3C(=O)O)C1(C)C. The van der Waals surface area contributed by atoms with E-state index in [1.807, 2.05) is 80.7 Å². The Hall–Kier alpha value is -4.17. The van der Waals surface area contributed by atoms with Crippen LogP contribution in [0.5, 0.6) is 0 Å². The van der Waals surface area contributed by atoms with Crippen LogP contribution < -0.4 is 0 Å². The lowest BCUT2D eigenvalue weighted by molar-refractivity contribution is -0.151. The van der Waals surface area contributed by atoms with Crippen LogP contribution in [0.4, 0.5) is 0 Å². The first-order valence-electron chi connectivity index (χ1n) is 15.7. The second-order valence-electron chi connectivity index (χ2n) is 13.8. The molecule has 2 aromatic carbocycles. The van der Waals surface area contributed by atoms with Crippen LogP contribution in [-0.2, 0) is 36.7 Å². The predicted molar refractivity (Wildman–Crippen MR) is 171 cm³/mol. The van der Waals surface area contributed by atoms with Gasteiger partial charge < -0.3 is 24.5 Å². The van der Waals surface area contributed by atoms with Crippen molar-refractivity contribution < 1.29 is 29.0 Å². The van der Waals surface area contributed by atoms with Crippen LogP contribution in [0.3, 0.4) is 0 Å². The molecule has 0 radical (unpaired) electrons. The van der Waals surface area contributed by atoms with Gasteiger partial charge in [-0.1, -0.05) is 74.0 Å². The number of amides is 1. The Morgan fingerprint density at radius 3 is 2.47 bits per heavy atom. The summed E-state index contributed by atoms with van der Waals surface area (Å²) >= 11 is 0. The molecular weight excluding hydrogens is 568 g/mol. The number of aliphatic carboxylic acids is 1. The summed E-state index contributed by atoms with van der Waals surface area (Å²) in [4.78, 5) is 45.2. The first kappa shape index (κ1) is 30.8. The molecule has 1 amide bonds. The molecule has 2 N–H and O–H groups in total. The van der Waals surface area contributed by atoms with Crippen molar-refractivity contribution in [3.63, 3.8) is 0 Å². The van der Waals surface area contributed by atoms with Gasteiger partial charge in [-0.25, -0.2) is 0 Å². The number of nitrogens with zero attached hydrogens (tertiary/aromatic N) is 1. The fraction of sp³-hybridized carbons (Fsp3) is 0.432. The van der Waals surface area contributed by atoms with E-state index in [1.54, 1.807) is 11.9 Å². The van der Waals surface area contributed by atoms with Gasteiger partial charge in [0.1, 0.15) is 18.1 Å². The number of esters is 1. The highest BCUT2D eigenvalue weighted by molar-refractivity contribution is 5.89. The summed E-state index contributed by atoms with van der Waals surface area (Å²) in [6, 6.07) is 17.6. The molecule has 1 aliphatic carbocycles. The fourth-order valence-corrected chi connectivity index (χ4v) is 7.60. The molecule has 8 nitrogen and oxygen atoms in total. The largest absolute Gasteiger partial charge is 0.481 e. The topological polar surface area (TPSA) is 109 Å². The second-order valence-corrected chi connectivity index (χ2v) is 13.8. The highest BCUT2D eigenvalue weighted by Crippen LogP contribution is 2.60. The van der Waals surface area contributed by atoms with Gasteiger partial charge >= 0.3 is 11.9 Å². The number of aromatic amines is 1. The van der Waals surface area contributed by atoms with Crippen molar-refractivity contribution in [2.24, 2.45) is 29.1 Å². The van der Waals surface area contributed by atoms with Gasteiger partial charge in [-0.05, 0) is 60.4 Å². The number of carboxylic acid groups (broad SMARTS) is 1. The van der Waals surface area contributed by atoms with Crippen LogP contribution in [0.15, 0.2) is 84.1 Å². The van der Waals surface area contributed by atoms with Crippen molar-refractivity contribution in [3.05, 3.63) is 95.2 Å². The van der Waals surface area contributed by atoms with E-state index in [9.17, 15) is 19.5 Å². The quantitative estimate of drug-likeness (QED) is 0.217. The minimum atomic E-state index is -1.24. The Labute approximate surface area is 264 Å². The van der Waals surface area contributed by atoms with Gasteiger partial charge in [0.25, 0.3) is 0 Å². The minimum absolute atomic E-state index is 0.0384. The van der Waals surface area contributed by atoms with Crippen LogP contribution in [0, 0.1) is 29.1 Å². The Kier molecular flexibility index (Phi) is 7.98. The summed E-state index contributed by atoms with van der Waals surface area (Å²) in [5.74, 6) is -3.81. The molecule has 8 heteroatoms. The number of carboxylic acids is 1. The molecule has 1 saturated carbocycles. The van der Waals surface area contributed by atoms with Crippen molar-refractivity contribution in [1.82, 2.24) is 9.88 Å². The van der Waals surface area contributed by atoms with Gasteiger partial charge in [0.15, 0.2) is 0 Å². The van der Waals surface area contributed by atoms with Gasteiger partial charge in [-0.3, -0.25) is 14.4 Å². The summed E-state index contributed by atoms with van der Waals surface area (Å²) in [7, 11) is 1.72. The summed E-state index contributed by atoms with van der Waals surface area (Å²) in [6.45, 7) is 8.55. The maximum atomic E-state index is 14.1. The maximum absolute atomic E-state index is 14.1. The molecule has 3 aromatic rings. The number of carbonyl (C=O) groups is 3. The first-order valence-corrected chi connectivity index (χ1v) is 15.7. The molecule has 3 heterocycles. The number of benzene rings is 2. The van der Waals surface area contributed by atoms with Gasteiger partial charge in [0.05, 0.1) is 17.9 Å². The number of ether oxygens (including phenoxy) is 2. The van der Waals surface area contributed by atoms with Crippen molar-refractivity contribution in [1.29, 1.82) is 0 Å². The van der Waals surface area contributed by atoms with Crippen LogP contribution in [0.1, 0.15) is 38.8 Å². The number of hydrogen-bond acceptors (Lipinski definition) is 5. The number of carbonyl (C=O) groups excluding carboxylic acids is 2. The Morgan fingerprint density at radius 2 is 1.76 bits per heavy atom. The molecule has 0 spiro atoms. The van der Waals surface area contributed by atoms with E-state index >= 15 is 0 Å². The molecule has 6 rings (SSSR count). The highest BCUT2D eigenvalue weighted by atomic mass is 16.5. The Bertz CT molecular complexity index is 1680. The van der Waals surface area contributed by atoms with E-state index in [2.05, 4.69) is 24.9 Å². The molecule has 3 aliphatic rings. The van der Waals surface area contributed by atoms with E-state index in [0.29, 0.717) is 25.0 Å². The number of likely N-dealkylation sites (N-methyl/N-ethyl adjacent to an activating group) is 1. The first-order chi connectivity index (χ1) is 21.4. The third-order valence-electron chi connectivity index (χ3n) is 10.1. The highest BCUT2D eigenvalue weighted by Gasteiger charge is 2.65. The van der Waals surface area contributed by atoms with Crippen molar-refractivity contribution >= 4 is 28.7 Å². The normalized spacial score (nSPS) is 27.6. The second kappa shape index (κ2) is 11.6. The number of aromatic nitrogens is 1. The third kappa shape index (κ3) is 5.61. The zero-order valence-electron chi connectivity index (χ0n) is 26.6. The third-order valence-corrected chi connectivity index (χ3v) is 10.1. The van der Waals surface area contributed by atoms with Crippen molar-refractivity contribution in [3.8, 4) is 0 Å². The van der Waals surface area contributed by atoms with Crippen LogP contribution in [-0.4, -0.2) is 64.7 Å². The Morgan fingerprint density at radius 1 is 1.04 bits per heavy atom. The average molecular weight is 611 g/mol. The van der Waals surface area contributed by atoms with Gasteiger partial charge in [-0.15, -0.1) is 0 Å². The lowest BCUT2D eigenvalue weighted by Crippen LogP contribution is -2.49. The number of para-hydroxylation sites is 1. The van der Waals surface area contributed by atoms with E-state index in [1.165, 1.54) is 0 Å². The van der Waals surface area contributed by atoms with E-state index < -0.39 is 29.5 Å².